The molecule has 0 bridgehead atoms. The number of piperidine rings is 1. The molecule has 2 fully saturated rings. The molecule has 3 aromatic carbocycles. The summed E-state index contributed by atoms with van der Waals surface area (Å²) >= 11 is 18.7. The van der Waals surface area contributed by atoms with E-state index in [1.165, 1.54) is 10.4 Å². The van der Waals surface area contributed by atoms with E-state index < -0.39 is 30.3 Å². The minimum Gasteiger partial charge on any atom is -0.342 e. The number of anilines is 2. The summed E-state index contributed by atoms with van der Waals surface area (Å²) in [6.45, 7) is 6.24. The molecule has 0 amide bonds. The van der Waals surface area contributed by atoms with E-state index in [0.717, 1.165) is 60.3 Å². The molecule has 0 radical (unpaired) electrons. The maximum Gasteiger partial charge on any atom is 0.303 e. The van der Waals surface area contributed by atoms with Crippen LogP contribution in [0.4, 0.5) is 11.4 Å². The predicted molar refractivity (Wildman–Crippen MR) is 273 cm³/mol. The van der Waals surface area contributed by atoms with Crippen LogP contribution in [0.2, 0.25) is 14.4 Å². The lowest BCUT2D eigenvalue weighted by atomic mass is 9.91. The Morgan fingerprint density at radius 2 is 1.60 bits per heavy atom. The Labute approximate surface area is 412 Å². The SMILES string of the molecule is C.CC1(N=C2Nc3cc(Cl)sc3S(=O)(=O)N2)CC1.CC1=NS(=O)(=O)c2cc(Cl)ccc2N1.CN(C)CCN=C(NS(=O)(=O)N1CCCCC1)N1CC(c2ccccc2)C(c2ccc(Cl)cc2)=N1. The highest BCUT2D eigenvalue weighted by Gasteiger charge is 2.40. The maximum atomic E-state index is 13.2. The number of amidine groups is 1. The van der Waals surface area contributed by atoms with E-state index in [-0.39, 0.29) is 39.9 Å². The summed E-state index contributed by atoms with van der Waals surface area (Å²) in [7, 11) is -6.90. The second kappa shape index (κ2) is 21.5. The van der Waals surface area contributed by atoms with E-state index >= 15 is 0 Å². The van der Waals surface area contributed by atoms with Crippen LogP contribution in [0.3, 0.4) is 0 Å². The number of thiophene rings is 1. The summed E-state index contributed by atoms with van der Waals surface area (Å²) in [5.74, 6) is 0.852. The molecular weight excluding hydrogens is 1000 g/mol. The minimum absolute atomic E-state index is 0. The van der Waals surface area contributed by atoms with Gasteiger partial charge in [-0.3, -0.25) is 0 Å². The fraction of sp³-hybridized carbons (Fsp3) is 0.395. The van der Waals surface area contributed by atoms with Gasteiger partial charge in [0.05, 0.1) is 40.1 Å². The van der Waals surface area contributed by atoms with Crippen LogP contribution in [-0.4, -0.2) is 115 Å². The van der Waals surface area contributed by atoms with Crippen molar-refractivity contribution in [3.05, 3.63) is 104 Å². The molecule has 1 aromatic heterocycles. The van der Waals surface area contributed by atoms with Gasteiger partial charge in [0, 0.05) is 35.6 Å². The quantitative estimate of drug-likeness (QED) is 0.0990. The number of nitrogens with zero attached hydrogens (tertiary/aromatic N) is 7. The van der Waals surface area contributed by atoms with Gasteiger partial charge in [0.25, 0.3) is 20.0 Å². The first-order valence-corrected chi connectivity index (χ1v) is 27.2. The van der Waals surface area contributed by atoms with E-state index in [0.29, 0.717) is 64.3 Å². The van der Waals surface area contributed by atoms with Gasteiger partial charge in [-0.15, -0.1) is 15.7 Å². The molecule has 17 nitrogen and oxygen atoms in total. The second-order valence-corrected chi connectivity index (χ2v) is 24.1. The Balaban J connectivity index is 0.000000190. The maximum absolute atomic E-state index is 13.2. The van der Waals surface area contributed by atoms with Crippen molar-refractivity contribution in [3.63, 3.8) is 0 Å². The van der Waals surface area contributed by atoms with E-state index in [1.807, 2.05) is 68.4 Å². The average molecular weight is 1060 g/mol. The van der Waals surface area contributed by atoms with Gasteiger partial charge in [0.2, 0.25) is 11.9 Å². The molecule has 362 valence electrons. The van der Waals surface area contributed by atoms with Crippen molar-refractivity contribution in [1.82, 2.24) is 23.7 Å². The molecule has 1 aliphatic carbocycles. The van der Waals surface area contributed by atoms with Gasteiger partial charge in [0.15, 0.2) is 4.21 Å². The molecule has 1 unspecified atom stereocenters. The van der Waals surface area contributed by atoms with Crippen LogP contribution in [0, 0.1) is 0 Å². The smallest absolute Gasteiger partial charge is 0.303 e. The minimum atomic E-state index is -3.73. The Bertz CT molecular complexity index is 2890. The van der Waals surface area contributed by atoms with Gasteiger partial charge in [0.1, 0.15) is 10.7 Å². The first-order valence-electron chi connectivity index (χ1n) is 20.9. The summed E-state index contributed by atoms with van der Waals surface area (Å²) in [6, 6.07) is 23.9. The van der Waals surface area contributed by atoms with Crippen LogP contribution >= 0.6 is 46.1 Å². The zero-order valence-corrected chi connectivity index (χ0v) is 42.0. The number of rotatable bonds is 8. The first kappa shape index (κ1) is 52.1. The highest BCUT2D eigenvalue weighted by Crippen LogP contribution is 2.41. The largest absolute Gasteiger partial charge is 0.342 e. The number of halogens is 3. The number of fused-ring (bicyclic) bond motifs is 2. The lowest BCUT2D eigenvalue weighted by molar-refractivity contribution is 0.343. The molecule has 5 aliphatic rings. The van der Waals surface area contributed by atoms with Gasteiger partial charge in [-0.1, -0.05) is 91.1 Å². The predicted octanol–water partition coefficient (Wildman–Crippen LogP) is 7.90. The Hall–Kier alpha value is -4.32. The van der Waals surface area contributed by atoms with Crippen LogP contribution in [0.1, 0.15) is 70.4 Å². The van der Waals surface area contributed by atoms with Gasteiger partial charge in [-0.05, 0) is 101 Å². The number of nitrogens with one attached hydrogen (secondary N) is 4. The molecule has 0 spiro atoms. The molecule has 9 rings (SSSR count). The normalized spacial score (nSPS) is 20.7. The number of likely N-dealkylation sites (N-methyl/N-ethyl adjacent to an activating group) is 1. The van der Waals surface area contributed by atoms with E-state index in [9.17, 15) is 25.3 Å². The molecule has 5 heterocycles. The van der Waals surface area contributed by atoms with Crippen LogP contribution < -0.4 is 20.1 Å². The molecule has 24 heteroatoms. The first-order chi connectivity index (χ1) is 31.2. The van der Waals surface area contributed by atoms with Gasteiger partial charge < -0.3 is 15.5 Å². The molecule has 1 atom stereocenters. The molecule has 4 aromatic rings. The molecule has 67 heavy (non-hydrogen) atoms. The van der Waals surface area contributed by atoms with Crippen LogP contribution in [0.5, 0.6) is 0 Å². The van der Waals surface area contributed by atoms with Crippen molar-refractivity contribution in [2.75, 3.05) is 57.5 Å². The summed E-state index contributed by atoms with van der Waals surface area (Å²) in [5, 5.41) is 13.4. The van der Waals surface area contributed by atoms with Gasteiger partial charge >= 0.3 is 10.2 Å². The molecule has 1 saturated heterocycles. The van der Waals surface area contributed by atoms with E-state index in [2.05, 4.69) is 46.6 Å². The standard InChI is InChI=1S/C25H33ClN6O2S.C9H10ClN3O2S2.C8H7ClN2O2S.CH4/c1-30(2)18-15-27-25(29-35(33,34)31-16-7-4-8-17-31)32-19-23(20-9-5-3-6-10-20)24(28-32)21-11-13-22(26)14-12-21;1-9(2-3-9)12-8-11-5-4-6(10)16-7(5)17(14,15)13-8;1-5-10-7-3-2-6(9)4-8(7)14(12,13)11-5;/h3,5-6,9-14,23H,4,7-8,15-19H2,1-2H3,(H,27,29);4H,2-3H2,1H3,(H2,11,12,13);2-4H,1H3,(H,10,11);1H4. The zero-order valence-electron chi connectivity index (χ0n) is 36.5. The summed E-state index contributed by atoms with van der Waals surface area (Å²) < 4.78 is 84.2. The summed E-state index contributed by atoms with van der Waals surface area (Å²) in [5.41, 5.74) is 3.80. The second-order valence-electron chi connectivity index (χ2n) is 16.5. The van der Waals surface area contributed by atoms with Crippen molar-refractivity contribution >= 4 is 111 Å². The fourth-order valence-corrected chi connectivity index (χ4v) is 12.6. The monoisotopic (exact) mass is 1050 g/mol. The number of hydrogen-bond acceptors (Lipinski definition) is 12. The number of guanidine groups is 2. The van der Waals surface area contributed by atoms with Crippen molar-refractivity contribution < 1.29 is 25.3 Å². The zero-order chi connectivity index (χ0) is 47.4. The van der Waals surface area contributed by atoms with Crippen molar-refractivity contribution in [3.8, 4) is 0 Å². The Morgan fingerprint density at radius 3 is 2.25 bits per heavy atom. The third kappa shape index (κ3) is 13.5. The van der Waals surface area contributed by atoms with Crippen molar-refractivity contribution in [2.45, 2.75) is 73.9 Å². The van der Waals surface area contributed by atoms with Crippen LogP contribution in [-0.2, 0) is 30.3 Å². The number of sulfonamides is 2. The van der Waals surface area contributed by atoms with E-state index in [4.69, 9.17) is 39.9 Å². The Morgan fingerprint density at radius 1 is 0.925 bits per heavy atom. The lowest BCUT2D eigenvalue weighted by Gasteiger charge is -2.28. The highest BCUT2D eigenvalue weighted by molar-refractivity contribution is 7.92. The summed E-state index contributed by atoms with van der Waals surface area (Å²) in [4.78, 5) is 11.1. The highest BCUT2D eigenvalue weighted by atomic mass is 35.5. The van der Waals surface area contributed by atoms with Crippen LogP contribution in [0.25, 0.3) is 0 Å². The van der Waals surface area contributed by atoms with Crippen molar-refractivity contribution in [1.29, 1.82) is 0 Å². The number of benzene rings is 3. The van der Waals surface area contributed by atoms with Gasteiger partial charge in [-0.25, -0.2) is 32.9 Å². The number of aliphatic imine (C=N–C) groups is 2. The molecule has 4 aliphatic heterocycles. The fourth-order valence-electron chi connectivity index (χ4n) is 7.10. The number of hydrazone groups is 1. The topological polar surface area (TPSA) is 210 Å². The molecule has 4 N–H and O–H groups in total. The lowest BCUT2D eigenvalue weighted by Crippen LogP contribution is -2.49. The van der Waals surface area contributed by atoms with E-state index in [1.54, 1.807) is 30.1 Å². The molecular formula is C43H54Cl3N11O6S4. The van der Waals surface area contributed by atoms with Crippen LogP contribution in [0.15, 0.2) is 107 Å². The third-order valence-corrected chi connectivity index (χ3v) is 17.2. The average Bonchev–Trinajstić information content (AvgIpc) is 3.60. The third-order valence-electron chi connectivity index (χ3n) is 10.7. The molecule has 1 saturated carbocycles. The van der Waals surface area contributed by atoms with Crippen molar-refractivity contribution in [2.24, 2.45) is 19.5 Å². The Kier molecular flexibility index (Phi) is 16.7. The summed E-state index contributed by atoms with van der Waals surface area (Å²) in [6.07, 6.45) is 4.75. The van der Waals surface area contributed by atoms with Gasteiger partial charge in [-0.2, -0.15) is 26.2 Å². The number of hydrogen-bond donors (Lipinski definition) is 4.